The van der Waals surface area contributed by atoms with E-state index >= 15 is 0 Å². The van der Waals surface area contributed by atoms with Gasteiger partial charge in [-0.3, -0.25) is 0 Å². The van der Waals surface area contributed by atoms with E-state index in [2.05, 4.69) is 0 Å². The molecule has 0 saturated carbocycles. The first kappa shape index (κ1) is 17.8. The first-order valence-corrected chi connectivity index (χ1v) is 8.45. The Hall–Kier alpha value is -3.04. The molecule has 3 rings (SSSR count). The summed E-state index contributed by atoms with van der Waals surface area (Å²) in [5, 5.41) is 12.5. The van der Waals surface area contributed by atoms with Crippen LogP contribution in [0, 0.1) is 0 Å². The minimum atomic E-state index is -0.671. The van der Waals surface area contributed by atoms with Crippen LogP contribution in [-0.2, 0) is 16.1 Å². The van der Waals surface area contributed by atoms with Crippen molar-refractivity contribution >= 4 is 23.3 Å². The van der Waals surface area contributed by atoms with Crippen LogP contribution in [0.5, 0.6) is 0 Å². The summed E-state index contributed by atoms with van der Waals surface area (Å²) in [6.45, 7) is 0.101. The van der Waals surface area contributed by atoms with Crippen molar-refractivity contribution in [1.82, 2.24) is 0 Å². The number of carbonyl (C=O) groups is 1. The number of esters is 1. The van der Waals surface area contributed by atoms with E-state index < -0.39 is 11.7 Å². The van der Waals surface area contributed by atoms with Gasteiger partial charge in [-0.25, -0.2) is 4.79 Å². The molecule has 0 aliphatic heterocycles. The Labute approximate surface area is 157 Å². The van der Waals surface area contributed by atoms with Gasteiger partial charge in [-0.2, -0.15) is 0 Å². The fraction of sp³-hybridized carbons (Fsp3) is 0.0455. The second-order valence-electron chi connectivity index (χ2n) is 5.69. The van der Waals surface area contributed by atoms with Crippen molar-refractivity contribution < 1.29 is 14.6 Å². The Balaban J connectivity index is 1.64. The predicted molar refractivity (Wildman–Crippen MR) is 101 cm³/mol. The van der Waals surface area contributed by atoms with Gasteiger partial charge < -0.3 is 9.84 Å². The summed E-state index contributed by atoms with van der Waals surface area (Å²) in [4.78, 5) is 11.9. The lowest BCUT2D eigenvalue weighted by Gasteiger charge is -2.12. The smallest absolute Gasteiger partial charge is 0.330 e. The van der Waals surface area contributed by atoms with Crippen LogP contribution < -0.4 is 5.11 Å². The van der Waals surface area contributed by atoms with Crippen molar-refractivity contribution in [2.24, 2.45) is 0 Å². The molecule has 26 heavy (non-hydrogen) atoms. The van der Waals surface area contributed by atoms with Crippen molar-refractivity contribution in [2.45, 2.75) is 6.61 Å². The highest BCUT2D eigenvalue weighted by Crippen LogP contribution is 2.20. The van der Waals surface area contributed by atoms with E-state index in [4.69, 9.17) is 16.3 Å². The number of benzene rings is 3. The Bertz CT molecular complexity index is 916. The SMILES string of the molecule is O=C(/C=C(\[O-])c1ccc(Cl)cc1)OCc1cccc(-c2ccccc2)c1. The molecule has 0 unspecified atom stereocenters. The molecule has 3 aromatic carbocycles. The van der Waals surface area contributed by atoms with Gasteiger partial charge in [-0.15, -0.1) is 0 Å². The quantitative estimate of drug-likeness (QED) is 0.382. The maximum absolute atomic E-state index is 12.0. The molecule has 3 nitrogen and oxygen atoms in total. The molecular weight excluding hydrogens is 348 g/mol. The van der Waals surface area contributed by atoms with Crippen molar-refractivity contribution in [1.29, 1.82) is 0 Å². The molecular formula is C22H16ClO3-. The molecule has 0 bridgehead atoms. The number of carbonyl (C=O) groups excluding carboxylic acids is 1. The molecule has 3 aromatic rings. The van der Waals surface area contributed by atoms with Gasteiger partial charge in [-0.1, -0.05) is 78.0 Å². The molecule has 0 radical (unpaired) electrons. The molecule has 0 spiro atoms. The molecule has 0 amide bonds. The van der Waals surface area contributed by atoms with E-state index in [1.54, 1.807) is 24.3 Å². The molecule has 0 N–H and O–H groups in total. The average molecular weight is 364 g/mol. The van der Waals surface area contributed by atoms with Crippen LogP contribution in [-0.4, -0.2) is 5.97 Å². The van der Waals surface area contributed by atoms with Crippen LogP contribution >= 0.6 is 11.6 Å². The van der Waals surface area contributed by atoms with Crippen LogP contribution in [0.2, 0.25) is 5.02 Å². The van der Waals surface area contributed by atoms with E-state index in [0.717, 1.165) is 22.8 Å². The summed E-state index contributed by atoms with van der Waals surface area (Å²) in [6, 6.07) is 24.0. The first-order valence-electron chi connectivity index (χ1n) is 8.07. The highest BCUT2D eigenvalue weighted by atomic mass is 35.5. The highest BCUT2D eigenvalue weighted by Gasteiger charge is 2.03. The zero-order valence-electron chi connectivity index (χ0n) is 13.9. The summed E-state index contributed by atoms with van der Waals surface area (Å²) in [5.74, 6) is -1.08. The lowest BCUT2D eigenvalue weighted by Crippen LogP contribution is -2.08. The average Bonchev–Trinajstić information content (AvgIpc) is 2.68. The Kier molecular flexibility index (Phi) is 5.72. The van der Waals surface area contributed by atoms with E-state index in [1.165, 1.54) is 0 Å². The number of rotatable bonds is 5. The van der Waals surface area contributed by atoms with Gasteiger partial charge in [-0.05, 0) is 40.5 Å². The van der Waals surface area contributed by atoms with Crippen molar-refractivity contribution in [3.8, 4) is 11.1 Å². The topological polar surface area (TPSA) is 49.4 Å². The Morgan fingerprint density at radius 1 is 0.923 bits per heavy atom. The minimum Gasteiger partial charge on any atom is -0.872 e. The van der Waals surface area contributed by atoms with E-state index in [0.29, 0.717) is 10.6 Å². The molecule has 130 valence electrons. The largest absolute Gasteiger partial charge is 0.872 e. The summed E-state index contributed by atoms with van der Waals surface area (Å²) in [7, 11) is 0. The molecule has 4 heteroatoms. The molecule has 0 heterocycles. The molecule has 0 fully saturated rings. The van der Waals surface area contributed by atoms with E-state index in [1.807, 2.05) is 54.6 Å². The normalized spacial score (nSPS) is 11.2. The molecule has 0 aliphatic rings. The lowest BCUT2D eigenvalue weighted by atomic mass is 10.0. The van der Waals surface area contributed by atoms with Crippen molar-refractivity contribution in [3.05, 3.63) is 101 Å². The standard InChI is InChI=1S/C22H17ClO3/c23-20-11-9-18(10-12-20)21(24)14-22(25)26-15-16-5-4-8-19(13-16)17-6-2-1-3-7-17/h1-14,24H,15H2/p-1/b21-14-. The van der Waals surface area contributed by atoms with Crippen LogP contribution in [0.15, 0.2) is 84.9 Å². The number of hydrogen-bond donors (Lipinski definition) is 0. The van der Waals surface area contributed by atoms with Crippen LogP contribution in [0.25, 0.3) is 16.9 Å². The van der Waals surface area contributed by atoms with Crippen LogP contribution in [0.4, 0.5) is 0 Å². The zero-order chi connectivity index (χ0) is 18.4. The third-order valence-electron chi connectivity index (χ3n) is 3.79. The number of halogens is 1. The predicted octanol–water partition coefficient (Wildman–Crippen LogP) is 4.45. The second kappa shape index (κ2) is 8.37. The van der Waals surface area contributed by atoms with Crippen molar-refractivity contribution in [2.75, 3.05) is 0 Å². The number of ether oxygens (including phenoxy) is 1. The maximum Gasteiger partial charge on any atom is 0.330 e. The highest BCUT2D eigenvalue weighted by molar-refractivity contribution is 6.30. The fourth-order valence-corrected chi connectivity index (χ4v) is 2.60. The number of hydrogen-bond acceptors (Lipinski definition) is 3. The third-order valence-corrected chi connectivity index (χ3v) is 4.04. The molecule has 0 aromatic heterocycles. The van der Waals surface area contributed by atoms with Gasteiger partial charge >= 0.3 is 5.97 Å². The van der Waals surface area contributed by atoms with Crippen molar-refractivity contribution in [3.63, 3.8) is 0 Å². The van der Waals surface area contributed by atoms with E-state index in [9.17, 15) is 9.90 Å². The first-order chi connectivity index (χ1) is 12.6. The molecule has 0 atom stereocenters. The van der Waals surface area contributed by atoms with Crippen LogP contribution in [0.3, 0.4) is 0 Å². The molecule has 0 aliphatic carbocycles. The molecule has 0 saturated heterocycles. The summed E-state index contributed by atoms with van der Waals surface area (Å²) >= 11 is 5.78. The maximum atomic E-state index is 12.0. The van der Waals surface area contributed by atoms with Gasteiger partial charge in [0.1, 0.15) is 6.61 Å². The van der Waals surface area contributed by atoms with Gasteiger partial charge in [0.25, 0.3) is 0 Å². The van der Waals surface area contributed by atoms with Gasteiger partial charge in [0.05, 0.1) is 0 Å². The van der Waals surface area contributed by atoms with Gasteiger partial charge in [0.2, 0.25) is 0 Å². The summed E-state index contributed by atoms with van der Waals surface area (Å²) in [6.07, 6.45) is 0.949. The Morgan fingerprint density at radius 3 is 2.35 bits per heavy atom. The van der Waals surface area contributed by atoms with Gasteiger partial charge in [0.15, 0.2) is 0 Å². The Morgan fingerprint density at radius 2 is 1.62 bits per heavy atom. The summed E-state index contributed by atoms with van der Waals surface area (Å²) in [5.41, 5.74) is 3.37. The minimum absolute atomic E-state index is 0.101. The zero-order valence-corrected chi connectivity index (χ0v) is 14.6. The third kappa shape index (κ3) is 4.74. The van der Waals surface area contributed by atoms with Gasteiger partial charge in [0, 0.05) is 11.1 Å². The monoisotopic (exact) mass is 363 g/mol. The fourth-order valence-electron chi connectivity index (χ4n) is 2.47. The summed E-state index contributed by atoms with van der Waals surface area (Å²) < 4.78 is 5.19. The van der Waals surface area contributed by atoms with Crippen LogP contribution in [0.1, 0.15) is 11.1 Å². The lowest BCUT2D eigenvalue weighted by molar-refractivity contribution is -0.244. The van der Waals surface area contributed by atoms with E-state index in [-0.39, 0.29) is 6.61 Å². The second-order valence-corrected chi connectivity index (χ2v) is 6.13.